The minimum Gasteiger partial charge on any atom is -0.497 e. The van der Waals surface area contributed by atoms with E-state index in [4.69, 9.17) is 4.74 Å². The van der Waals surface area contributed by atoms with Gasteiger partial charge in [0.1, 0.15) is 18.0 Å². The van der Waals surface area contributed by atoms with Crippen molar-refractivity contribution in [1.82, 2.24) is 15.1 Å². The van der Waals surface area contributed by atoms with E-state index < -0.39 is 18.6 Å². The van der Waals surface area contributed by atoms with Crippen molar-refractivity contribution >= 4 is 5.91 Å². The third kappa shape index (κ3) is 4.46. The van der Waals surface area contributed by atoms with Crippen molar-refractivity contribution < 1.29 is 22.7 Å². The molecule has 8 heteroatoms. The molecule has 1 N–H and O–H groups in total. The van der Waals surface area contributed by atoms with Gasteiger partial charge in [-0.25, -0.2) is 4.68 Å². The minimum absolute atomic E-state index is 0.0493. The molecule has 1 aromatic heterocycles. The van der Waals surface area contributed by atoms with E-state index in [-0.39, 0.29) is 11.3 Å². The number of benzene rings is 2. The van der Waals surface area contributed by atoms with Crippen LogP contribution in [0.1, 0.15) is 10.4 Å². The minimum atomic E-state index is -4.49. The quantitative estimate of drug-likeness (QED) is 0.737. The Kier molecular flexibility index (Phi) is 5.16. The number of hydrogen-bond acceptors (Lipinski definition) is 3. The average Bonchev–Trinajstić information content (AvgIpc) is 3.12. The van der Waals surface area contributed by atoms with Crippen LogP contribution in [0, 0.1) is 0 Å². The number of hydrogen-bond donors (Lipinski definition) is 1. The predicted octanol–water partition coefficient (Wildman–Crippen LogP) is 3.84. The van der Waals surface area contributed by atoms with E-state index in [1.807, 2.05) is 11.4 Å². The standard InChI is InChI=1S/C19H16F3N3O2/c1-27-15-9-7-13(8-10-15)17-16(18(26)23-12-19(20,21)22)11-25(24-17)14-5-3-2-4-6-14/h2-11H,12H2,1H3,(H,23,26). The summed E-state index contributed by atoms with van der Waals surface area (Å²) >= 11 is 0. The van der Waals surface area contributed by atoms with Crippen LogP contribution in [0.2, 0.25) is 0 Å². The van der Waals surface area contributed by atoms with Gasteiger partial charge in [0.25, 0.3) is 5.91 Å². The third-order valence-electron chi connectivity index (χ3n) is 3.79. The van der Waals surface area contributed by atoms with Gasteiger partial charge in [0, 0.05) is 11.8 Å². The second kappa shape index (κ2) is 7.53. The van der Waals surface area contributed by atoms with Gasteiger partial charge in [-0.1, -0.05) is 18.2 Å². The molecule has 1 amide bonds. The van der Waals surface area contributed by atoms with E-state index in [1.165, 1.54) is 18.0 Å². The van der Waals surface area contributed by atoms with Crippen molar-refractivity contribution in [2.24, 2.45) is 0 Å². The highest BCUT2D eigenvalue weighted by Crippen LogP contribution is 2.26. The van der Waals surface area contributed by atoms with Gasteiger partial charge < -0.3 is 10.1 Å². The molecule has 3 aromatic rings. The summed E-state index contributed by atoms with van der Waals surface area (Å²) in [7, 11) is 1.52. The van der Waals surface area contributed by atoms with Crippen LogP contribution in [0.25, 0.3) is 16.9 Å². The van der Waals surface area contributed by atoms with Gasteiger partial charge in [-0.05, 0) is 36.4 Å². The maximum Gasteiger partial charge on any atom is 0.405 e. The summed E-state index contributed by atoms with van der Waals surface area (Å²) in [5, 5.41) is 6.30. The molecular weight excluding hydrogens is 359 g/mol. The largest absolute Gasteiger partial charge is 0.497 e. The van der Waals surface area contributed by atoms with Gasteiger partial charge in [-0.2, -0.15) is 18.3 Å². The fraction of sp³-hybridized carbons (Fsp3) is 0.158. The van der Waals surface area contributed by atoms with Gasteiger partial charge in [0.05, 0.1) is 18.4 Å². The molecular formula is C19H16F3N3O2. The molecule has 0 fully saturated rings. The van der Waals surface area contributed by atoms with Crippen LogP contribution in [0.4, 0.5) is 13.2 Å². The molecule has 2 aromatic carbocycles. The molecule has 27 heavy (non-hydrogen) atoms. The zero-order valence-electron chi connectivity index (χ0n) is 14.3. The highest BCUT2D eigenvalue weighted by molar-refractivity contribution is 6.00. The first-order chi connectivity index (χ1) is 12.9. The molecule has 0 aliphatic carbocycles. The Balaban J connectivity index is 2.01. The first-order valence-corrected chi connectivity index (χ1v) is 8.02. The summed E-state index contributed by atoms with van der Waals surface area (Å²) in [4.78, 5) is 12.4. The summed E-state index contributed by atoms with van der Waals surface area (Å²) in [6.45, 7) is -1.41. The van der Waals surface area contributed by atoms with Crippen molar-refractivity contribution in [3.05, 3.63) is 66.4 Å². The molecule has 5 nitrogen and oxygen atoms in total. The van der Waals surface area contributed by atoms with Gasteiger partial charge >= 0.3 is 6.18 Å². The van der Waals surface area contributed by atoms with Gasteiger partial charge in [-0.15, -0.1) is 0 Å². The number of nitrogens with one attached hydrogen (secondary N) is 1. The predicted molar refractivity (Wildman–Crippen MR) is 93.9 cm³/mol. The Morgan fingerprint density at radius 1 is 1.11 bits per heavy atom. The van der Waals surface area contributed by atoms with Gasteiger partial charge in [0.15, 0.2) is 0 Å². The van der Waals surface area contributed by atoms with Crippen LogP contribution >= 0.6 is 0 Å². The van der Waals surface area contributed by atoms with Gasteiger partial charge in [0.2, 0.25) is 0 Å². The summed E-state index contributed by atoms with van der Waals surface area (Å²) in [5.74, 6) is -0.232. The summed E-state index contributed by atoms with van der Waals surface area (Å²) < 4.78 is 43.9. The highest BCUT2D eigenvalue weighted by atomic mass is 19.4. The lowest BCUT2D eigenvalue weighted by molar-refractivity contribution is -0.123. The molecule has 0 radical (unpaired) electrons. The van der Waals surface area contributed by atoms with E-state index in [1.54, 1.807) is 48.5 Å². The van der Waals surface area contributed by atoms with Crippen molar-refractivity contribution in [1.29, 1.82) is 0 Å². The van der Waals surface area contributed by atoms with Crippen LogP contribution in [-0.4, -0.2) is 35.5 Å². The number of para-hydroxylation sites is 1. The molecule has 0 saturated heterocycles. The van der Waals surface area contributed by atoms with Crippen LogP contribution < -0.4 is 10.1 Å². The Labute approximate surface area is 153 Å². The normalized spacial score (nSPS) is 11.3. The van der Waals surface area contributed by atoms with Crippen molar-refractivity contribution in [3.8, 4) is 22.7 Å². The number of nitrogens with zero attached hydrogens (tertiary/aromatic N) is 2. The molecule has 140 valence electrons. The lowest BCUT2D eigenvalue weighted by Crippen LogP contribution is -2.33. The summed E-state index contributed by atoms with van der Waals surface area (Å²) in [6, 6.07) is 15.7. The van der Waals surface area contributed by atoms with E-state index in [0.717, 1.165) is 0 Å². The first kappa shape index (κ1) is 18.5. The monoisotopic (exact) mass is 375 g/mol. The average molecular weight is 375 g/mol. The smallest absolute Gasteiger partial charge is 0.405 e. The molecule has 0 bridgehead atoms. The molecule has 3 rings (SSSR count). The summed E-state index contributed by atoms with van der Waals surface area (Å²) in [5.41, 5.74) is 1.60. The number of methoxy groups -OCH3 is 1. The fourth-order valence-corrected chi connectivity index (χ4v) is 2.49. The SMILES string of the molecule is COc1ccc(-c2nn(-c3ccccc3)cc2C(=O)NCC(F)(F)F)cc1. The molecule has 0 unspecified atom stereocenters. The van der Waals surface area contributed by atoms with Crippen molar-refractivity contribution in [2.75, 3.05) is 13.7 Å². The van der Waals surface area contributed by atoms with Crippen LogP contribution in [0.15, 0.2) is 60.8 Å². The zero-order valence-corrected chi connectivity index (χ0v) is 14.3. The number of ether oxygens (including phenoxy) is 1. The Bertz CT molecular complexity index is 920. The Morgan fingerprint density at radius 2 is 1.78 bits per heavy atom. The molecule has 0 saturated carbocycles. The molecule has 0 aliphatic rings. The lowest BCUT2D eigenvalue weighted by atomic mass is 10.1. The number of alkyl halides is 3. The number of carbonyl (C=O) groups excluding carboxylic acids is 1. The number of halogens is 3. The van der Waals surface area contributed by atoms with Crippen molar-refractivity contribution in [2.45, 2.75) is 6.18 Å². The molecule has 1 heterocycles. The van der Waals surface area contributed by atoms with Crippen LogP contribution in [0.3, 0.4) is 0 Å². The first-order valence-electron chi connectivity index (χ1n) is 8.02. The van der Waals surface area contributed by atoms with E-state index in [2.05, 4.69) is 5.10 Å². The van der Waals surface area contributed by atoms with E-state index >= 15 is 0 Å². The fourth-order valence-electron chi connectivity index (χ4n) is 2.49. The topological polar surface area (TPSA) is 56.2 Å². The Morgan fingerprint density at radius 3 is 2.37 bits per heavy atom. The zero-order chi connectivity index (χ0) is 19.4. The number of amides is 1. The highest BCUT2D eigenvalue weighted by Gasteiger charge is 2.29. The molecule has 0 spiro atoms. The maximum atomic E-state index is 12.5. The summed E-state index contributed by atoms with van der Waals surface area (Å²) in [6.07, 6.45) is -3.08. The third-order valence-corrected chi connectivity index (χ3v) is 3.79. The second-order valence-corrected chi connectivity index (χ2v) is 5.70. The van der Waals surface area contributed by atoms with E-state index in [9.17, 15) is 18.0 Å². The second-order valence-electron chi connectivity index (χ2n) is 5.70. The number of aromatic nitrogens is 2. The lowest BCUT2D eigenvalue weighted by Gasteiger charge is -2.08. The van der Waals surface area contributed by atoms with Crippen molar-refractivity contribution in [3.63, 3.8) is 0 Å². The van der Waals surface area contributed by atoms with Crippen LogP contribution in [-0.2, 0) is 0 Å². The number of rotatable bonds is 5. The number of carbonyl (C=O) groups is 1. The molecule has 0 atom stereocenters. The van der Waals surface area contributed by atoms with Crippen LogP contribution in [0.5, 0.6) is 5.75 Å². The Hall–Kier alpha value is -3.29. The maximum absolute atomic E-state index is 12.5. The van der Waals surface area contributed by atoms with E-state index in [0.29, 0.717) is 17.0 Å². The van der Waals surface area contributed by atoms with Gasteiger partial charge in [-0.3, -0.25) is 4.79 Å². The molecule has 0 aliphatic heterocycles.